The molecule has 0 atom stereocenters. The zero-order valence-corrected chi connectivity index (χ0v) is 16.2. The van der Waals surface area contributed by atoms with Gasteiger partial charge in [-0.05, 0) is 59.3 Å². The van der Waals surface area contributed by atoms with Crippen LogP contribution in [0.15, 0.2) is 89.4 Å². The van der Waals surface area contributed by atoms with Crippen LogP contribution >= 0.6 is 0 Å². The fraction of sp³-hybridized carbons (Fsp3) is 0.0800. The number of ether oxygens (including phenoxy) is 1. The van der Waals surface area contributed by atoms with E-state index in [0.717, 1.165) is 22.9 Å². The van der Waals surface area contributed by atoms with E-state index in [2.05, 4.69) is 0 Å². The van der Waals surface area contributed by atoms with Gasteiger partial charge in [-0.2, -0.15) is 13.2 Å². The van der Waals surface area contributed by atoms with Crippen molar-refractivity contribution in [3.8, 4) is 5.75 Å². The smallest absolute Gasteiger partial charge is 0.416 e. The first-order chi connectivity index (χ1) is 14.9. The van der Waals surface area contributed by atoms with Crippen molar-refractivity contribution in [1.82, 2.24) is 0 Å². The maximum absolute atomic E-state index is 12.8. The van der Waals surface area contributed by atoms with Crippen molar-refractivity contribution in [3.63, 3.8) is 0 Å². The Morgan fingerprint density at radius 2 is 1.71 bits per heavy atom. The van der Waals surface area contributed by atoms with E-state index < -0.39 is 11.7 Å². The minimum atomic E-state index is -4.43. The van der Waals surface area contributed by atoms with Crippen molar-refractivity contribution in [1.29, 1.82) is 0 Å². The van der Waals surface area contributed by atoms with Crippen LogP contribution in [0.4, 0.5) is 13.2 Å². The molecule has 0 unspecified atom stereocenters. The highest BCUT2D eigenvalue weighted by atomic mass is 19.4. The molecule has 4 rings (SSSR count). The van der Waals surface area contributed by atoms with Crippen molar-refractivity contribution in [2.45, 2.75) is 12.8 Å². The molecule has 0 saturated heterocycles. The van der Waals surface area contributed by atoms with Crippen LogP contribution in [-0.2, 0) is 12.8 Å². The van der Waals surface area contributed by atoms with Crippen LogP contribution in [0, 0.1) is 0 Å². The van der Waals surface area contributed by atoms with E-state index in [1.807, 2.05) is 36.4 Å². The molecule has 4 aromatic rings. The zero-order valence-electron chi connectivity index (χ0n) is 16.2. The van der Waals surface area contributed by atoms with Gasteiger partial charge in [-0.1, -0.05) is 42.5 Å². The summed E-state index contributed by atoms with van der Waals surface area (Å²) in [7, 11) is 0. The Kier molecular flexibility index (Phi) is 5.62. The second-order valence-corrected chi connectivity index (χ2v) is 6.88. The number of benzene rings is 3. The highest BCUT2D eigenvalue weighted by molar-refractivity contribution is 6.08. The van der Waals surface area contributed by atoms with Gasteiger partial charge in [-0.3, -0.25) is 4.79 Å². The van der Waals surface area contributed by atoms with Crippen molar-refractivity contribution >= 4 is 22.6 Å². The van der Waals surface area contributed by atoms with Crippen molar-refractivity contribution in [3.05, 3.63) is 108 Å². The third-order valence-corrected chi connectivity index (χ3v) is 4.66. The first-order valence-electron chi connectivity index (χ1n) is 9.48. The van der Waals surface area contributed by atoms with Crippen molar-refractivity contribution in [2.24, 2.45) is 0 Å². The fourth-order valence-electron chi connectivity index (χ4n) is 3.07. The predicted octanol–water partition coefficient (Wildman–Crippen LogP) is 6.93. The number of rotatable bonds is 6. The van der Waals surface area contributed by atoms with Crippen LogP contribution in [0.5, 0.6) is 5.75 Å². The molecule has 0 spiro atoms. The summed E-state index contributed by atoms with van der Waals surface area (Å²) < 4.78 is 49.3. The van der Waals surface area contributed by atoms with Crippen LogP contribution in [0.3, 0.4) is 0 Å². The molecule has 0 fully saturated rings. The molecule has 0 bridgehead atoms. The van der Waals surface area contributed by atoms with Gasteiger partial charge in [0.1, 0.15) is 23.9 Å². The van der Waals surface area contributed by atoms with Gasteiger partial charge < -0.3 is 9.15 Å². The minimum Gasteiger partial charge on any atom is -0.486 e. The molecule has 6 heteroatoms. The molecular formula is C25H17F3O3. The number of ketones is 1. The number of halogens is 3. The Morgan fingerprint density at radius 3 is 2.52 bits per heavy atom. The minimum absolute atomic E-state index is 0.0340. The molecule has 0 N–H and O–H groups in total. The quantitative estimate of drug-likeness (QED) is 0.250. The zero-order chi connectivity index (χ0) is 21.8. The van der Waals surface area contributed by atoms with Crippen molar-refractivity contribution < 1.29 is 27.1 Å². The molecule has 0 aliphatic carbocycles. The average molecular weight is 422 g/mol. The molecule has 3 nitrogen and oxygen atoms in total. The van der Waals surface area contributed by atoms with Gasteiger partial charge in [0.15, 0.2) is 5.78 Å². The topological polar surface area (TPSA) is 39.4 Å². The lowest BCUT2D eigenvalue weighted by Gasteiger charge is -2.09. The van der Waals surface area contributed by atoms with Crippen LogP contribution in [0.25, 0.3) is 16.8 Å². The lowest BCUT2D eigenvalue weighted by atomic mass is 10.0. The van der Waals surface area contributed by atoms with Crippen LogP contribution < -0.4 is 4.74 Å². The summed E-state index contributed by atoms with van der Waals surface area (Å²) in [5.74, 6) is 0.797. The number of fused-ring (bicyclic) bond motifs is 1. The molecule has 0 amide bonds. The second-order valence-electron chi connectivity index (χ2n) is 6.88. The van der Waals surface area contributed by atoms with Gasteiger partial charge in [-0.25, -0.2) is 0 Å². The Labute approximate surface area is 176 Å². The molecule has 0 saturated carbocycles. The third kappa shape index (κ3) is 5.04. The molecule has 0 aliphatic rings. The number of allylic oxidation sites excluding steroid dienone is 1. The van der Waals surface area contributed by atoms with Gasteiger partial charge in [0, 0.05) is 5.56 Å². The average Bonchev–Trinajstić information content (AvgIpc) is 3.23. The SMILES string of the molecule is O=C(/C=C/c1ccc(COc2cccc(C(F)(F)F)c2)o1)c1ccc2ccccc2c1. The van der Waals surface area contributed by atoms with E-state index in [0.29, 0.717) is 17.1 Å². The molecule has 1 heterocycles. The van der Waals surface area contributed by atoms with E-state index in [-0.39, 0.29) is 18.1 Å². The summed E-state index contributed by atoms with van der Waals surface area (Å²) in [5, 5.41) is 2.04. The number of hydrogen-bond acceptors (Lipinski definition) is 3. The molecule has 3 aromatic carbocycles. The summed E-state index contributed by atoms with van der Waals surface area (Å²) >= 11 is 0. The maximum atomic E-state index is 12.8. The molecule has 1 aromatic heterocycles. The fourth-order valence-corrected chi connectivity index (χ4v) is 3.07. The highest BCUT2D eigenvalue weighted by Crippen LogP contribution is 2.31. The molecular weight excluding hydrogens is 405 g/mol. The van der Waals surface area contributed by atoms with Gasteiger partial charge in [0.05, 0.1) is 5.56 Å². The number of carbonyl (C=O) groups is 1. The molecule has 31 heavy (non-hydrogen) atoms. The van der Waals surface area contributed by atoms with E-state index in [9.17, 15) is 18.0 Å². The molecule has 0 aliphatic heterocycles. The van der Waals surface area contributed by atoms with Gasteiger partial charge in [-0.15, -0.1) is 0 Å². The maximum Gasteiger partial charge on any atom is 0.416 e. The molecule has 0 radical (unpaired) electrons. The van der Waals surface area contributed by atoms with Crippen LogP contribution in [-0.4, -0.2) is 5.78 Å². The lowest BCUT2D eigenvalue weighted by Crippen LogP contribution is -2.05. The summed E-state index contributed by atoms with van der Waals surface area (Å²) in [5.41, 5.74) is -0.213. The summed E-state index contributed by atoms with van der Waals surface area (Å²) in [6, 6.07) is 21.2. The van der Waals surface area contributed by atoms with E-state index in [4.69, 9.17) is 9.15 Å². The monoisotopic (exact) mass is 422 g/mol. The summed E-state index contributed by atoms with van der Waals surface area (Å²) in [6.07, 6.45) is -1.47. The van der Waals surface area contributed by atoms with Gasteiger partial charge in [0.2, 0.25) is 0 Å². The van der Waals surface area contributed by atoms with Crippen molar-refractivity contribution in [2.75, 3.05) is 0 Å². The highest BCUT2D eigenvalue weighted by Gasteiger charge is 2.30. The Hall–Kier alpha value is -3.80. The third-order valence-electron chi connectivity index (χ3n) is 4.66. The van der Waals surface area contributed by atoms with Crippen LogP contribution in [0.2, 0.25) is 0 Å². The Morgan fingerprint density at radius 1 is 0.903 bits per heavy atom. The lowest BCUT2D eigenvalue weighted by molar-refractivity contribution is -0.137. The number of hydrogen-bond donors (Lipinski definition) is 0. The Bertz CT molecular complexity index is 1250. The molecule has 156 valence electrons. The number of carbonyl (C=O) groups excluding carboxylic acids is 1. The number of furan rings is 1. The standard InChI is InChI=1S/C25H17F3O3/c26-25(27,28)20-6-3-7-22(15-20)30-16-23-11-10-21(31-23)12-13-24(29)19-9-8-17-4-1-2-5-18(17)14-19/h1-15H,16H2/b13-12+. The van der Waals surface area contributed by atoms with E-state index >= 15 is 0 Å². The number of alkyl halides is 3. The summed E-state index contributed by atoms with van der Waals surface area (Å²) in [6.45, 7) is -0.0340. The predicted molar refractivity (Wildman–Crippen MR) is 112 cm³/mol. The van der Waals surface area contributed by atoms with Gasteiger partial charge in [0.25, 0.3) is 0 Å². The summed E-state index contributed by atoms with van der Waals surface area (Å²) in [4.78, 5) is 12.4. The van der Waals surface area contributed by atoms with Gasteiger partial charge >= 0.3 is 6.18 Å². The largest absolute Gasteiger partial charge is 0.486 e. The second kappa shape index (κ2) is 8.52. The normalized spacial score (nSPS) is 11.8. The first-order valence-corrected chi connectivity index (χ1v) is 9.48. The first kappa shape index (κ1) is 20.5. The van der Waals surface area contributed by atoms with Crippen LogP contribution in [0.1, 0.15) is 27.4 Å². The Balaban J connectivity index is 1.39. The van der Waals surface area contributed by atoms with E-state index in [1.165, 1.54) is 18.2 Å². The van der Waals surface area contributed by atoms with E-state index in [1.54, 1.807) is 24.3 Å².